The summed E-state index contributed by atoms with van der Waals surface area (Å²) in [6.45, 7) is 1.82. The van der Waals surface area contributed by atoms with Gasteiger partial charge in [0.1, 0.15) is 16.2 Å². The lowest BCUT2D eigenvalue weighted by Crippen LogP contribution is -2.22. The SMILES string of the molecule is CC(Sc1ncnc2sccc12)C(=O)Nc1ccc(Cl)cc1Cl. The molecule has 2 aromatic heterocycles. The number of rotatable bonds is 4. The first-order chi connectivity index (χ1) is 11.0. The van der Waals surface area contributed by atoms with Crippen molar-refractivity contribution in [3.8, 4) is 0 Å². The summed E-state index contributed by atoms with van der Waals surface area (Å²) < 4.78 is 0. The Labute approximate surface area is 151 Å². The molecule has 0 fully saturated rings. The lowest BCUT2D eigenvalue weighted by atomic mass is 10.3. The number of hydrogen-bond donors (Lipinski definition) is 1. The van der Waals surface area contributed by atoms with Gasteiger partial charge in [-0.15, -0.1) is 11.3 Å². The van der Waals surface area contributed by atoms with Crippen molar-refractivity contribution in [2.75, 3.05) is 5.32 Å². The summed E-state index contributed by atoms with van der Waals surface area (Å²) in [7, 11) is 0. The van der Waals surface area contributed by atoms with Crippen LogP contribution < -0.4 is 5.32 Å². The zero-order valence-corrected chi connectivity index (χ0v) is 15.1. The minimum absolute atomic E-state index is 0.152. The van der Waals surface area contributed by atoms with Crippen LogP contribution in [0.15, 0.2) is 41.0 Å². The molecule has 0 aliphatic rings. The molecule has 1 atom stereocenters. The van der Waals surface area contributed by atoms with Gasteiger partial charge in [-0.1, -0.05) is 35.0 Å². The molecule has 1 unspecified atom stereocenters. The van der Waals surface area contributed by atoms with Crippen LogP contribution in [0, 0.1) is 0 Å². The summed E-state index contributed by atoms with van der Waals surface area (Å²) in [6.07, 6.45) is 1.52. The Hall–Kier alpha value is -1.34. The van der Waals surface area contributed by atoms with Crippen LogP contribution in [-0.4, -0.2) is 21.1 Å². The van der Waals surface area contributed by atoms with E-state index in [9.17, 15) is 4.79 Å². The van der Waals surface area contributed by atoms with E-state index in [1.165, 1.54) is 18.1 Å². The monoisotopic (exact) mass is 383 g/mol. The van der Waals surface area contributed by atoms with Crippen molar-refractivity contribution in [2.24, 2.45) is 0 Å². The molecular formula is C15H11Cl2N3OS2. The van der Waals surface area contributed by atoms with Crippen molar-refractivity contribution in [2.45, 2.75) is 17.2 Å². The molecule has 3 aromatic rings. The largest absolute Gasteiger partial charge is 0.324 e. The van der Waals surface area contributed by atoms with Crippen molar-refractivity contribution in [1.82, 2.24) is 9.97 Å². The lowest BCUT2D eigenvalue weighted by molar-refractivity contribution is -0.115. The van der Waals surface area contributed by atoms with Crippen molar-refractivity contribution >= 4 is 68.1 Å². The second-order valence-corrected chi connectivity index (χ2v) is 7.76. The maximum absolute atomic E-state index is 12.4. The molecule has 1 aromatic carbocycles. The normalized spacial score (nSPS) is 12.3. The van der Waals surface area contributed by atoms with Gasteiger partial charge < -0.3 is 5.32 Å². The Kier molecular flexibility index (Phi) is 5.06. The number of nitrogens with zero attached hydrogens (tertiary/aromatic N) is 2. The molecule has 0 saturated carbocycles. The quantitative estimate of drug-likeness (QED) is 0.501. The molecule has 1 amide bonds. The summed E-state index contributed by atoms with van der Waals surface area (Å²) in [5.41, 5.74) is 0.539. The van der Waals surface area contributed by atoms with E-state index < -0.39 is 0 Å². The van der Waals surface area contributed by atoms with E-state index in [1.807, 2.05) is 18.4 Å². The third-order valence-electron chi connectivity index (χ3n) is 3.07. The number of thiophene rings is 1. The van der Waals surface area contributed by atoms with Crippen LogP contribution in [0.4, 0.5) is 5.69 Å². The molecule has 4 nitrogen and oxygen atoms in total. The number of anilines is 1. The summed E-state index contributed by atoms with van der Waals surface area (Å²) in [4.78, 5) is 21.8. The fourth-order valence-electron chi connectivity index (χ4n) is 1.91. The minimum Gasteiger partial charge on any atom is -0.324 e. The van der Waals surface area contributed by atoms with Crippen LogP contribution in [0.25, 0.3) is 10.2 Å². The maximum atomic E-state index is 12.4. The van der Waals surface area contributed by atoms with Gasteiger partial charge in [0.15, 0.2) is 0 Å². The average molecular weight is 384 g/mol. The van der Waals surface area contributed by atoms with Gasteiger partial charge in [-0.25, -0.2) is 9.97 Å². The molecule has 3 rings (SSSR count). The number of fused-ring (bicyclic) bond motifs is 1. The number of carbonyl (C=O) groups is 1. The summed E-state index contributed by atoms with van der Waals surface area (Å²) in [6, 6.07) is 6.92. The summed E-state index contributed by atoms with van der Waals surface area (Å²) in [5.74, 6) is -0.152. The lowest BCUT2D eigenvalue weighted by Gasteiger charge is -2.13. The number of thioether (sulfide) groups is 1. The van der Waals surface area contributed by atoms with Crippen LogP contribution in [0.1, 0.15) is 6.92 Å². The standard InChI is InChI=1S/C15H11Cl2N3OS2/c1-8(13(21)20-12-3-2-9(16)6-11(12)17)23-15-10-4-5-22-14(10)18-7-19-15/h2-8H,1H3,(H,20,21). The van der Waals surface area contributed by atoms with E-state index in [-0.39, 0.29) is 11.2 Å². The van der Waals surface area contributed by atoms with E-state index in [4.69, 9.17) is 23.2 Å². The van der Waals surface area contributed by atoms with Crippen molar-refractivity contribution in [3.63, 3.8) is 0 Å². The van der Waals surface area contributed by atoms with Gasteiger partial charge in [0, 0.05) is 10.4 Å². The maximum Gasteiger partial charge on any atom is 0.237 e. The van der Waals surface area contributed by atoms with Gasteiger partial charge in [0.05, 0.1) is 16.0 Å². The Bertz CT molecular complexity index is 869. The molecular weight excluding hydrogens is 373 g/mol. The second-order valence-electron chi connectivity index (χ2n) is 4.69. The smallest absolute Gasteiger partial charge is 0.237 e. The first-order valence-electron chi connectivity index (χ1n) is 6.65. The highest BCUT2D eigenvalue weighted by Crippen LogP contribution is 2.31. The van der Waals surface area contributed by atoms with Crippen LogP contribution in [0.5, 0.6) is 0 Å². The van der Waals surface area contributed by atoms with Gasteiger partial charge in [0.25, 0.3) is 0 Å². The van der Waals surface area contributed by atoms with Gasteiger partial charge in [-0.3, -0.25) is 4.79 Å². The minimum atomic E-state index is -0.334. The van der Waals surface area contributed by atoms with Crippen molar-refractivity contribution in [1.29, 1.82) is 0 Å². The summed E-state index contributed by atoms with van der Waals surface area (Å²) >= 11 is 14.9. The Balaban J connectivity index is 1.74. The molecule has 0 spiro atoms. The number of hydrogen-bond acceptors (Lipinski definition) is 5. The fourth-order valence-corrected chi connectivity index (χ4v) is 4.06. The number of benzene rings is 1. The number of amides is 1. The Morgan fingerprint density at radius 3 is 2.91 bits per heavy atom. The average Bonchev–Trinajstić information content (AvgIpc) is 2.99. The highest BCUT2D eigenvalue weighted by molar-refractivity contribution is 8.00. The molecule has 0 aliphatic heterocycles. The number of carbonyl (C=O) groups excluding carboxylic acids is 1. The predicted molar refractivity (Wildman–Crippen MR) is 97.8 cm³/mol. The Morgan fingerprint density at radius 2 is 2.13 bits per heavy atom. The zero-order chi connectivity index (χ0) is 16.4. The summed E-state index contributed by atoms with van der Waals surface area (Å²) in [5, 5.41) is 7.12. The highest BCUT2D eigenvalue weighted by Gasteiger charge is 2.18. The van der Waals surface area contributed by atoms with Crippen molar-refractivity contribution < 1.29 is 4.79 Å². The van der Waals surface area contributed by atoms with Gasteiger partial charge in [-0.05, 0) is 36.6 Å². The van der Waals surface area contributed by atoms with E-state index in [0.717, 1.165) is 15.2 Å². The molecule has 2 heterocycles. The van der Waals surface area contributed by atoms with Crippen LogP contribution >= 0.6 is 46.3 Å². The molecule has 0 radical (unpaired) electrons. The van der Waals surface area contributed by atoms with Crippen LogP contribution in [0.2, 0.25) is 10.0 Å². The second kappa shape index (κ2) is 7.05. The number of nitrogens with one attached hydrogen (secondary N) is 1. The van der Waals surface area contributed by atoms with Crippen LogP contribution in [0.3, 0.4) is 0 Å². The number of aromatic nitrogens is 2. The highest BCUT2D eigenvalue weighted by atomic mass is 35.5. The van der Waals surface area contributed by atoms with E-state index >= 15 is 0 Å². The molecule has 8 heteroatoms. The van der Waals surface area contributed by atoms with Crippen LogP contribution in [-0.2, 0) is 4.79 Å². The first-order valence-corrected chi connectivity index (χ1v) is 9.17. The predicted octanol–water partition coefficient (Wildman–Crippen LogP) is 5.12. The zero-order valence-electron chi connectivity index (χ0n) is 11.9. The Morgan fingerprint density at radius 1 is 1.30 bits per heavy atom. The first kappa shape index (κ1) is 16.5. The molecule has 118 valence electrons. The topological polar surface area (TPSA) is 54.9 Å². The van der Waals surface area contributed by atoms with E-state index in [1.54, 1.807) is 29.5 Å². The molecule has 0 bridgehead atoms. The third kappa shape index (κ3) is 3.77. The number of halogens is 2. The van der Waals surface area contributed by atoms with E-state index in [2.05, 4.69) is 15.3 Å². The van der Waals surface area contributed by atoms with Gasteiger partial charge >= 0.3 is 0 Å². The molecule has 23 heavy (non-hydrogen) atoms. The third-order valence-corrected chi connectivity index (χ3v) is 5.56. The molecule has 0 saturated heterocycles. The van der Waals surface area contributed by atoms with E-state index in [0.29, 0.717) is 15.7 Å². The molecule has 0 aliphatic carbocycles. The van der Waals surface area contributed by atoms with Crippen molar-refractivity contribution in [3.05, 3.63) is 46.0 Å². The molecule has 1 N–H and O–H groups in total. The van der Waals surface area contributed by atoms with Gasteiger partial charge in [0.2, 0.25) is 5.91 Å². The van der Waals surface area contributed by atoms with Gasteiger partial charge in [-0.2, -0.15) is 0 Å². The fraction of sp³-hybridized carbons (Fsp3) is 0.133.